The van der Waals surface area contributed by atoms with E-state index in [1.54, 1.807) is 0 Å². The van der Waals surface area contributed by atoms with Crippen LogP contribution in [-0.4, -0.2) is 48.3 Å². The van der Waals surface area contributed by atoms with Crippen LogP contribution in [0.1, 0.15) is 5.69 Å². The molecule has 118 valence electrons. The molecule has 0 N–H and O–H groups in total. The highest BCUT2D eigenvalue weighted by Gasteiger charge is 2.21. The summed E-state index contributed by atoms with van der Waals surface area (Å²) in [6.07, 6.45) is 0. The highest BCUT2D eigenvalue weighted by Crippen LogP contribution is 2.33. The van der Waals surface area contributed by atoms with Gasteiger partial charge in [-0.3, -0.25) is 0 Å². The number of aromatic nitrogens is 2. The number of benzene rings is 1. The maximum Gasteiger partial charge on any atom is 0.260 e. The van der Waals surface area contributed by atoms with E-state index in [9.17, 15) is 0 Å². The topological polar surface area (TPSA) is 45.4 Å². The summed E-state index contributed by atoms with van der Waals surface area (Å²) in [5, 5.41) is 5.16. The first-order valence-corrected chi connectivity index (χ1v) is 7.98. The fourth-order valence-corrected chi connectivity index (χ4v) is 3.13. The molecule has 0 amide bonds. The van der Waals surface area contributed by atoms with Gasteiger partial charge in [-0.25, -0.2) is 4.98 Å². The molecule has 3 heterocycles. The van der Waals surface area contributed by atoms with Crippen molar-refractivity contribution in [1.82, 2.24) is 15.0 Å². The van der Waals surface area contributed by atoms with E-state index in [-0.39, 0.29) is 0 Å². The standard InChI is InChI=1S/C18H20N4O/c1-13-17-16(22-10-8-21(2)9-11-22)12-15(19-18(17)23-20-13)14-6-4-3-5-7-14/h3-7,12H,8-11H2,1-2H3. The summed E-state index contributed by atoms with van der Waals surface area (Å²) in [5.41, 5.74) is 4.74. The first-order chi connectivity index (χ1) is 11.2. The third kappa shape index (κ3) is 2.57. The smallest absolute Gasteiger partial charge is 0.260 e. The third-order valence-electron chi connectivity index (χ3n) is 4.51. The molecule has 1 aliphatic rings. The Kier molecular flexibility index (Phi) is 3.50. The zero-order valence-electron chi connectivity index (χ0n) is 13.5. The van der Waals surface area contributed by atoms with Crippen LogP contribution in [-0.2, 0) is 0 Å². The Bertz CT molecular complexity index is 820. The Morgan fingerprint density at radius 2 is 1.78 bits per heavy atom. The zero-order chi connectivity index (χ0) is 15.8. The van der Waals surface area contributed by atoms with Crippen LogP contribution in [0.25, 0.3) is 22.4 Å². The van der Waals surface area contributed by atoms with Gasteiger partial charge in [0.15, 0.2) is 0 Å². The van der Waals surface area contributed by atoms with Gasteiger partial charge in [0.2, 0.25) is 0 Å². The fraction of sp³-hybridized carbons (Fsp3) is 0.333. The van der Waals surface area contributed by atoms with Crippen molar-refractivity contribution in [2.45, 2.75) is 6.92 Å². The molecule has 0 unspecified atom stereocenters. The van der Waals surface area contributed by atoms with Gasteiger partial charge < -0.3 is 14.3 Å². The van der Waals surface area contributed by atoms with Crippen molar-refractivity contribution in [1.29, 1.82) is 0 Å². The van der Waals surface area contributed by atoms with E-state index < -0.39 is 0 Å². The maximum absolute atomic E-state index is 5.47. The van der Waals surface area contributed by atoms with Crippen molar-refractivity contribution < 1.29 is 4.52 Å². The van der Waals surface area contributed by atoms with Crippen LogP contribution in [0.3, 0.4) is 0 Å². The highest BCUT2D eigenvalue weighted by atomic mass is 16.5. The molecule has 23 heavy (non-hydrogen) atoms. The molecule has 1 aromatic carbocycles. The highest BCUT2D eigenvalue weighted by molar-refractivity contribution is 5.93. The molecule has 0 bridgehead atoms. The molecule has 5 heteroatoms. The lowest BCUT2D eigenvalue weighted by Crippen LogP contribution is -2.44. The number of hydrogen-bond acceptors (Lipinski definition) is 5. The molecule has 0 aliphatic carbocycles. The first-order valence-electron chi connectivity index (χ1n) is 7.98. The van der Waals surface area contributed by atoms with E-state index in [0.717, 1.165) is 48.5 Å². The van der Waals surface area contributed by atoms with Gasteiger partial charge in [0, 0.05) is 31.7 Å². The average molecular weight is 308 g/mol. The largest absolute Gasteiger partial charge is 0.368 e. The molecule has 0 spiro atoms. The molecule has 0 radical (unpaired) electrons. The lowest BCUT2D eigenvalue weighted by atomic mass is 10.1. The van der Waals surface area contributed by atoms with Crippen molar-refractivity contribution in [3.8, 4) is 11.3 Å². The van der Waals surface area contributed by atoms with E-state index in [1.165, 1.54) is 5.69 Å². The minimum atomic E-state index is 0.623. The van der Waals surface area contributed by atoms with E-state index in [2.05, 4.69) is 45.2 Å². The monoisotopic (exact) mass is 308 g/mol. The van der Waals surface area contributed by atoms with Crippen LogP contribution in [0, 0.1) is 6.92 Å². The molecule has 4 rings (SSSR count). The van der Waals surface area contributed by atoms with Crippen LogP contribution >= 0.6 is 0 Å². The lowest BCUT2D eigenvalue weighted by Gasteiger charge is -2.34. The van der Waals surface area contributed by atoms with Gasteiger partial charge in [-0.05, 0) is 20.0 Å². The summed E-state index contributed by atoms with van der Waals surface area (Å²) in [6, 6.07) is 12.4. The Hall–Kier alpha value is -2.40. The van der Waals surface area contributed by atoms with E-state index in [0.29, 0.717) is 5.71 Å². The van der Waals surface area contributed by atoms with E-state index in [4.69, 9.17) is 4.52 Å². The summed E-state index contributed by atoms with van der Waals surface area (Å²) in [5.74, 6) is 0. The number of nitrogens with zero attached hydrogens (tertiary/aromatic N) is 4. The van der Waals surface area contributed by atoms with Gasteiger partial charge in [0.25, 0.3) is 5.71 Å². The summed E-state index contributed by atoms with van der Waals surface area (Å²) >= 11 is 0. The molecular weight excluding hydrogens is 288 g/mol. The molecule has 1 fully saturated rings. The number of hydrogen-bond donors (Lipinski definition) is 0. The quantitative estimate of drug-likeness (QED) is 0.728. The predicted molar refractivity (Wildman–Crippen MR) is 91.7 cm³/mol. The van der Waals surface area contributed by atoms with Crippen LogP contribution in [0.2, 0.25) is 0 Å². The summed E-state index contributed by atoms with van der Waals surface area (Å²) in [6.45, 7) is 6.13. The number of pyridine rings is 1. The summed E-state index contributed by atoms with van der Waals surface area (Å²) in [7, 11) is 2.17. The van der Waals surface area contributed by atoms with Crippen LogP contribution in [0.15, 0.2) is 40.9 Å². The number of fused-ring (bicyclic) bond motifs is 1. The molecule has 0 atom stereocenters. The average Bonchev–Trinajstić information content (AvgIpc) is 2.97. The zero-order valence-corrected chi connectivity index (χ0v) is 13.5. The fourth-order valence-electron chi connectivity index (χ4n) is 3.13. The Morgan fingerprint density at radius 3 is 2.52 bits per heavy atom. The molecule has 3 aromatic rings. The molecule has 2 aromatic heterocycles. The number of aryl methyl sites for hydroxylation is 1. The lowest BCUT2D eigenvalue weighted by molar-refractivity contribution is 0.313. The number of anilines is 1. The van der Waals surface area contributed by atoms with Crippen molar-refractivity contribution in [2.24, 2.45) is 0 Å². The number of rotatable bonds is 2. The third-order valence-corrected chi connectivity index (χ3v) is 4.51. The second-order valence-electron chi connectivity index (χ2n) is 6.13. The molecule has 0 saturated carbocycles. The van der Waals surface area contributed by atoms with Crippen LogP contribution in [0.5, 0.6) is 0 Å². The second-order valence-corrected chi connectivity index (χ2v) is 6.13. The Labute approximate surface area is 135 Å². The van der Waals surface area contributed by atoms with Gasteiger partial charge >= 0.3 is 0 Å². The van der Waals surface area contributed by atoms with Crippen LogP contribution in [0.4, 0.5) is 5.69 Å². The van der Waals surface area contributed by atoms with E-state index in [1.807, 2.05) is 25.1 Å². The Balaban J connectivity index is 1.85. The predicted octanol–water partition coefficient (Wildman–Crippen LogP) is 2.95. The Morgan fingerprint density at radius 1 is 1.04 bits per heavy atom. The maximum atomic E-state index is 5.47. The van der Waals surface area contributed by atoms with Gasteiger partial charge in [-0.2, -0.15) is 0 Å². The van der Waals surface area contributed by atoms with Gasteiger partial charge in [-0.1, -0.05) is 35.5 Å². The molecule has 1 aliphatic heterocycles. The minimum absolute atomic E-state index is 0.623. The summed E-state index contributed by atoms with van der Waals surface area (Å²) < 4.78 is 5.47. The number of piperazine rings is 1. The van der Waals surface area contributed by atoms with Crippen molar-refractivity contribution in [3.63, 3.8) is 0 Å². The normalized spacial score (nSPS) is 16.2. The van der Waals surface area contributed by atoms with Gasteiger partial charge in [0.1, 0.15) is 0 Å². The van der Waals surface area contributed by atoms with Crippen molar-refractivity contribution in [2.75, 3.05) is 38.1 Å². The number of likely N-dealkylation sites (N-methyl/N-ethyl adjacent to an activating group) is 1. The minimum Gasteiger partial charge on any atom is -0.368 e. The van der Waals surface area contributed by atoms with Gasteiger partial charge in [0.05, 0.1) is 22.5 Å². The van der Waals surface area contributed by atoms with Crippen molar-refractivity contribution in [3.05, 3.63) is 42.1 Å². The first kappa shape index (κ1) is 14.2. The summed E-state index contributed by atoms with van der Waals surface area (Å²) in [4.78, 5) is 9.44. The second kappa shape index (κ2) is 5.66. The SMILES string of the molecule is Cc1noc2nc(-c3ccccc3)cc(N3CCN(C)CC3)c12. The molecule has 1 saturated heterocycles. The van der Waals surface area contributed by atoms with Crippen molar-refractivity contribution >= 4 is 16.8 Å². The van der Waals surface area contributed by atoms with E-state index >= 15 is 0 Å². The molecule has 5 nitrogen and oxygen atoms in total. The van der Waals surface area contributed by atoms with Crippen LogP contribution < -0.4 is 4.90 Å². The van der Waals surface area contributed by atoms with Gasteiger partial charge in [-0.15, -0.1) is 0 Å². The molecular formula is C18H20N4O.